The number of ether oxygens (including phenoxy) is 6. The van der Waals surface area contributed by atoms with Gasteiger partial charge in [-0.05, 0) is 108 Å². The molecule has 0 saturated heterocycles. The average Bonchev–Trinajstić information content (AvgIpc) is 3.02. The molecule has 0 spiro atoms. The standard InChI is InChI=1S/C34H38O6/c1-35-27-13-15-29(25(21-27)11-7-23-9-17-31(37-3)33(19-23)39-5)30-16-14-28(36-2)22-26(30)12-8-24-10-18-32(38-4)34(20-24)40-6/h9-10,13-22H,7-8,11-12H2,1-6H3. The SMILES string of the molecule is COc1ccc(-c2ccc(OC)cc2CCc2ccc(OC)c(OC)c2)c(CCc2ccc(OC)c(OC)c2)c1. The minimum absolute atomic E-state index is 0.727. The van der Waals surface area contributed by atoms with Crippen LogP contribution in [0, 0.1) is 0 Å². The van der Waals surface area contributed by atoms with Crippen molar-refractivity contribution in [2.24, 2.45) is 0 Å². The van der Waals surface area contributed by atoms with Crippen molar-refractivity contribution in [1.82, 2.24) is 0 Å². The minimum Gasteiger partial charge on any atom is -0.497 e. The van der Waals surface area contributed by atoms with Crippen molar-refractivity contribution in [2.75, 3.05) is 42.7 Å². The molecule has 40 heavy (non-hydrogen) atoms. The summed E-state index contributed by atoms with van der Waals surface area (Å²) < 4.78 is 33.0. The van der Waals surface area contributed by atoms with Crippen LogP contribution in [0.4, 0.5) is 0 Å². The van der Waals surface area contributed by atoms with Crippen molar-refractivity contribution in [1.29, 1.82) is 0 Å². The van der Waals surface area contributed by atoms with Gasteiger partial charge in [-0.3, -0.25) is 0 Å². The molecule has 4 aromatic carbocycles. The van der Waals surface area contributed by atoms with Crippen LogP contribution in [0.1, 0.15) is 22.3 Å². The molecule has 0 amide bonds. The van der Waals surface area contributed by atoms with Crippen molar-refractivity contribution < 1.29 is 28.4 Å². The normalized spacial score (nSPS) is 10.7. The molecule has 0 unspecified atom stereocenters. The molecule has 0 aromatic heterocycles. The lowest BCUT2D eigenvalue weighted by molar-refractivity contribution is 0.354. The second-order valence-electron chi connectivity index (χ2n) is 9.42. The predicted molar refractivity (Wildman–Crippen MR) is 159 cm³/mol. The highest BCUT2D eigenvalue weighted by Crippen LogP contribution is 2.35. The Hall–Kier alpha value is -4.32. The lowest BCUT2D eigenvalue weighted by Gasteiger charge is -2.17. The molecule has 210 valence electrons. The number of methoxy groups -OCH3 is 6. The van der Waals surface area contributed by atoms with Crippen LogP contribution in [0.2, 0.25) is 0 Å². The van der Waals surface area contributed by atoms with E-state index in [0.29, 0.717) is 0 Å². The molecule has 6 nitrogen and oxygen atoms in total. The van der Waals surface area contributed by atoms with E-state index >= 15 is 0 Å². The molecule has 0 saturated carbocycles. The van der Waals surface area contributed by atoms with Crippen LogP contribution in [-0.4, -0.2) is 42.7 Å². The van der Waals surface area contributed by atoms with Crippen molar-refractivity contribution >= 4 is 0 Å². The first-order valence-corrected chi connectivity index (χ1v) is 13.3. The number of rotatable bonds is 13. The van der Waals surface area contributed by atoms with Gasteiger partial charge in [0.15, 0.2) is 23.0 Å². The molecule has 0 heterocycles. The Kier molecular flexibility index (Phi) is 9.79. The minimum atomic E-state index is 0.727. The number of hydrogen-bond acceptors (Lipinski definition) is 6. The fraction of sp³-hybridized carbons (Fsp3) is 0.294. The molecule has 4 rings (SSSR count). The molecule has 0 aliphatic rings. The number of hydrogen-bond donors (Lipinski definition) is 0. The van der Waals surface area contributed by atoms with E-state index in [0.717, 1.165) is 60.2 Å². The highest BCUT2D eigenvalue weighted by molar-refractivity contribution is 5.73. The Morgan fingerprint density at radius 2 is 0.775 bits per heavy atom. The van der Waals surface area contributed by atoms with Gasteiger partial charge >= 0.3 is 0 Å². The zero-order valence-electron chi connectivity index (χ0n) is 24.2. The third-order valence-corrected chi connectivity index (χ3v) is 7.18. The van der Waals surface area contributed by atoms with Crippen LogP contribution < -0.4 is 28.4 Å². The van der Waals surface area contributed by atoms with Gasteiger partial charge in [0.2, 0.25) is 0 Å². The molecule has 0 atom stereocenters. The van der Waals surface area contributed by atoms with Crippen molar-refractivity contribution in [3.8, 4) is 45.6 Å². The van der Waals surface area contributed by atoms with Crippen molar-refractivity contribution in [3.05, 3.63) is 95.1 Å². The quantitative estimate of drug-likeness (QED) is 0.182. The smallest absolute Gasteiger partial charge is 0.160 e. The zero-order chi connectivity index (χ0) is 28.5. The Morgan fingerprint density at radius 3 is 1.12 bits per heavy atom. The van der Waals surface area contributed by atoms with E-state index < -0.39 is 0 Å². The van der Waals surface area contributed by atoms with Crippen LogP contribution >= 0.6 is 0 Å². The Bertz CT molecular complexity index is 1320. The molecular weight excluding hydrogens is 504 g/mol. The molecule has 0 aliphatic heterocycles. The van der Waals surface area contributed by atoms with Crippen LogP contribution in [0.3, 0.4) is 0 Å². The van der Waals surface area contributed by atoms with Gasteiger partial charge in [0.05, 0.1) is 42.7 Å². The molecule has 0 N–H and O–H groups in total. The Balaban J connectivity index is 1.66. The second-order valence-corrected chi connectivity index (χ2v) is 9.42. The van der Waals surface area contributed by atoms with Gasteiger partial charge in [-0.15, -0.1) is 0 Å². The summed E-state index contributed by atoms with van der Waals surface area (Å²) in [6, 6.07) is 24.8. The number of benzene rings is 4. The van der Waals surface area contributed by atoms with Crippen molar-refractivity contribution in [2.45, 2.75) is 25.7 Å². The van der Waals surface area contributed by atoms with E-state index in [1.54, 1.807) is 42.7 Å². The Labute approximate surface area is 237 Å². The van der Waals surface area contributed by atoms with Gasteiger partial charge in [-0.2, -0.15) is 0 Å². The summed E-state index contributed by atoms with van der Waals surface area (Å²) >= 11 is 0. The summed E-state index contributed by atoms with van der Waals surface area (Å²) in [6.45, 7) is 0. The largest absolute Gasteiger partial charge is 0.497 e. The highest BCUT2D eigenvalue weighted by atomic mass is 16.5. The van der Waals surface area contributed by atoms with E-state index in [1.807, 2.05) is 36.4 Å². The monoisotopic (exact) mass is 542 g/mol. The first kappa shape index (κ1) is 28.7. The van der Waals surface area contributed by atoms with Gasteiger partial charge in [-0.1, -0.05) is 24.3 Å². The van der Waals surface area contributed by atoms with E-state index in [-0.39, 0.29) is 0 Å². The average molecular weight is 543 g/mol. The van der Waals surface area contributed by atoms with E-state index in [9.17, 15) is 0 Å². The third kappa shape index (κ3) is 6.63. The fourth-order valence-electron chi connectivity index (χ4n) is 4.96. The summed E-state index contributed by atoms with van der Waals surface area (Å²) in [5.41, 5.74) is 7.15. The van der Waals surface area contributed by atoms with Gasteiger partial charge in [0.1, 0.15) is 11.5 Å². The van der Waals surface area contributed by atoms with Crippen molar-refractivity contribution in [3.63, 3.8) is 0 Å². The molecule has 0 aliphatic carbocycles. The molecule has 6 heteroatoms. The zero-order valence-corrected chi connectivity index (χ0v) is 24.2. The first-order chi connectivity index (χ1) is 19.5. The first-order valence-electron chi connectivity index (χ1n) is 13.3. The predicted octanol–water partition coefficient (Wildman–Crippen LogP) is 6.98. The van der Waals surface area contributed by atoms with Crippen LogP contribution in [0.25, 0.3) is 11.1 Å². The molecule has 0 radical (unpaired) electrons. The van der Waals surface area contributed by atoms with Crippen LogP contribution in [-0.2, 0) is 25.7 Å². The maximum atomic E-state index is 5.60. The van der Waals surface area contributed by atoms with Gasteiger partial charge in [-0.25, -0.2) is 0 Å². The summed E-state index contributed by atoms with van der Waals surface area (Å²) in [6.07, 6.45) is 3.36. The van der Waals surface area contributed by atoms with E-state index in [4.69, 9.17) is 28.4 Å². The summed E-state index contributed by atoms with van der Waals surface area (Å²) in [5, 5.41) is 0. The maximum Gasteiger partial charge on any atom is 0.160 e. The highest BCUT2D eigenvalue weighted by Gasteiger charge is 2.14. The summed E-state index contributed by atoms with van der Waals surface area (Å²) in [5.74, 6) is 4.60. The molecule has 0 bridgehead atoms. The van der Waals surface area contributed by atoms with Crippen LogP contribution in [0.5, 0.6) is 34.5 Å². The summed E-state index contributed by atoms with van der Waals surface area (Å²) in [4.78, 5) is 0. The third-order valence-electron chi connectivity index (χ3n) is 7.18. The van der Waals surface area contributed by atoms with Gasteiger partial charge in [0.25, 0.3) is 0 Å². The molecule has 0 fully saturated rings. The fourth-order valence-corrected chi connectivity index (χ4v) is 4.96. The van der Waals surface area contributed by atoms with Gasteiger partial charge < -0.3 is 28.4 Å². The lowest BCUT2D eigenvalue weighted by atomic mass is 9.90. The molecule has 4 aromatic rings. The van der Waals surface area contributed by atoms with Crippen LogP contribution in [0.15, 0.2) is 72.8 Å². The Morgan fingerprint density at radius 1 is 0.375 bits per heavy atom. The molecular formula is C34H38O6. The summed E-state index contributed by atoms with van der Waals surface area (Å²) in [7, 11) is 10.0. The van der Waals surface area contributed by atoms with Gasteiger partial charge in [0, 0.05) is 0 Å². The number of aryl methyl sites for hydroxylation is 4. The second kappa shape index (κ2) is 13.7. The van der Waals surface area contributed by atoms with E-state index in [1.165, 1.54) is 33.4 Å². The lowest BCUT2D eigenvalue weighted by Crippen LogP contribution is -2.01. The van der Waals surface area contributed by atoms with E-state index in [2.05, 4.69) is 36.4 Å². The topological polar surface area (TPSA) is 55.4 Å². The maximum absolute atomic E-state index is 5.60.